The fourth-order valence-corrected chi connectivity index (χ4v) is 14.5. The maximum absolute atomic E-state index is 12.7. The summed E-state index contributed by atoms with van der Waals surface area (Å²) < 4.78 is 38.0. The molecule has 12 unspecified atom stereocenters. The first-order valence-electron chi connectivity index (χ1n) is 40.7. The number of alkyl halides is 3. The van der Waals surface area contributed by atoms with E-state index in [4.69, 9.17) is 34.4 Å². The van der Waals surface area contributed by atoms with E-state index in [1.54, 1.807) is 36.5 Å². The fourth-order valence-electron chi connectivity index (χ4n) is 14.5. The van der Waals surface area contributed by atoms with Gasteiger partial charge in [-0.2, -0.15) is 18.3 Å². The lowest BCUT2D eigenvalue weighted by Gasteiger charge is -2.22. The van der Waals surface area contributed by atoms with Gasteiger partial charge in [0, 0.05) is 148 Å². The van der Waals surface area contributed by atoms with Crippen LogP contribution in [0.2, 0.25) is 0 Å². The lowest BCUT2D eigenvalue weighted by molar-refractivity contribution is -0.137. The van der Waals surface area contributed by atoms with Crippen LogP contribution in [-0.2, 0) is 12.7 Å². The molecule has 7 aliphatic rings. The first kappa shape index (κ1) is 84.7. The molecule has 7 saturated carbocycles. The van der Waals surface area contributed by atoms with Crippen molar-refractivity contribution in [1.29, 1.82) is 0 Å². The Morgan fingerprint density at radius 1 is 0.387 bits per heavy atom. The van der Waals surface area contributed by atoms with Crippen LogP contribution >= 0.6 is 0 Å². The average molecular weight is 1610 g/mol. The van der Waals surface area contributed by atoms with Crippen molar-refractivity contribution in [3.05, 3.63) is 351 Å². The van der Waals surface area contributed by atoms with Gasteiger partial charge in [0.2, 0.25) is 0 Å². The standard InChI is InChI=1S/C17H15F3N2O.2C17H18N2O.C16H22N2O.C16H16N2O.C13H14N4O/c18-17(19,20)12-2-1-3-13(8-12)22-16(23)11-6-4-10(5-7-11)14-9-15(14)21;1-19(14-5-3-2-4-6-14)17(20)13-9-7-12(8-10-13)15-11-16(15)18;18-16-10-15(16)13-6-8-14(9-7-13)17(20)19-11-12-4-2-1-3-5-12;2*17-15-10-14(15)11-6-8-12(9-7-11)16(19)18-13-4-2-1-3-5-13;14-12-5-11(12)8-1-3-9(4-2-8)13(18)17-10-6-15-16-7-10/h1-8,14-15H,9,21H2,(H,22,23);2-10,15-16H,11,18H2,1H3;1-9,15-16H,10-11,18H2,(H,19,20);6-9,13-15H,1-5,10,17H2,(H,18,19);1-9,14-15H,10,17H2,(H,18,19);1-4,6-7,11-12H,5,14H2,(H,15,16)(H,17,18). The molecule has 18 N–H and O–H groups in total. The molecule has 6 amide bonds. The van der Waals surface area contributed by atoms with Crippen LogP contribution in [0.1, 0.15) is 213 Å². The Balaban J connectivity index is 0.000000124. The van der Waals surface area contributed by atoms with Crippen LogP contribution in [0.25, 0.3) is 0 Å². The molecule has 23 heteroatoms. The van der Waals surface area contributed by atoms with Crippen molar-refractivity contribution in [2.45, 2.75) is 161 Å². The van der Waals surface area contributed by atoms with Gasteiger partial charge in [0.05, 0.1) is 17.4 Å². The summed E-state index contributed by atoms with van der Waals surface area (Å²) in [5.74, 6) is 2.12. The van der Waals surface area contributed by atoms with Gasteiger partial charge in [0.25, 0.3) is 35.4 Å². The highest BCUT2D eigenvalue weighted by atomic mass is 19.4. The van der Waals surface area contributed by atoms with E-state index in [1.165, 1.54) is 59.2 Å². The lowest BCUT2D eigenvalue weighted by Crippen LogP contribution is -2.36. The number of amides is 6. The normalized spacial score (nSPS) is 21.7. The Hall–Kier alpha value is -12.2. The average Bonchev–Trinajstić information content (AvgIpc) is 1.70. The summed E-state index contributed by atoms with van der Waals surface area (Å²) in [6, 6.07) is 81.4. The number of hydrogen-bond donors (Lipinski definition) is 12. The fraction of sp³-hybridized carbons (Fsp3) is 0.281. The second kappa shape index (κ2) is 39.4. The molecule has 0 aliphatic heterocycles. The predicted octanol–water partition coefficient (Wildman–Crippen LogP) is 15.8. The maximum atomic E-state index is 12.7. The Morgan fingerprint density at radius 2 is 0.714 bits per heavy atom. The third-order valence-corrected chi connectivity index (χ3v) is 22.5. The smallest absolute Gasteiger partial charge is 0.349 e. The summed E-state index contributed by atoms with van der Waals surface area (Å²) in [6.07, 6.45) is 11.0. The molecule has 7 fully saturated rings. The van der Waals surface area contributed by atoms with Crippen molar-refractivity contribution in [2.24, 2.45) is 34.4 Å². The van der Waals surface area contributed by atoms with Crippen LogP contribution in [0, 0.1) is 0 Å². The Labute approximate surface area is 691 Å². The number of aromatic nitrogens is 2. The Morgan fingerprint density at radius 3 is 1.08 bits per heavy atom. The van der Waals surface area contributed by atoms with E-state index in [0.29, 0.717) is 106 Å². The molecule has 20 nitrogen and oxygen atoms in total. The number of nitrogens with two attached hydrogens (primary N) is 6. The van der Waals surface area contributed by atoms with Gasteiger partial charge in [-0.25, -0.2) is 0 Å². The summed E-state index contributed by atoms with van der Waals surface area (Å²) in [5, 5.41) is 20.6. The van der Waals surface area contributed by atoms with E-state index in [2.05, 4.69) is 36.8 Å². The number of aromatic amines is 1. The van der Waals surface area contributed by atoms with Gasteiger partial charge in [-0.1, -0.05) is 165 Å². The van der Waals surface area contributed by atoms with Crippen molar-refractivity contribution in [3.63, 3.8) is 0 Å². The molecule has 1 heterocycles. The molecule has 0 radical (unpaired) electrons. The van der Waals surface area contributed by atoms with Gasteiger partial charge in [0.15, 0.2) is 0 Å². The second-order valence-corrected chi connectivity index (χ2v) is 31.7. The first-order chi connectivity index (χ1) is 57.5. The quantitative estimate of drug-likeness (QED) is 0.0359. The molecule has 1 aromatic heterocycles. The Kier molecular flexibility index (Phi) is 28.0. The predicted molar refractivity (Wildman–Crippen MR) is 462 cm³/mol. The summed E-state index contributed by atoms with van der Waals surface area (Å²) in [5.41, 5.74) is 48.8. The summed E-state index contributed by atoms with van der Waals surface area (Å²) in [6.45, 7) is 0.551. The number of anilines is 4. The summed E-state index contributed by atoms with van der Waals surface area (Å²) in [7, 11) is 1.79. The number of nitrogens with zero attached hydrogens (tertiary/aromatic N) is 2. The molecule has 12 atom stereocenters. The third-order valence-electron chi connectivity index (χ3n) is 22.5. The Bertz CT molecular complexity index is 5180. The highest BCUT2D eigenvalue weighted by molar-refractivity contribution is 6.07. The van der Waals surface area contributed by atoms with Crippen LogP contribution in [-0.4, -0.2) is 95.0 Å². The highest BCUT2D eigenvalue weighted by Gasteiger charge is 2.39. The number of carbonyl (C=O) groups excluding carboxylic acids is 6. The number of hydrogen-bond acceptors (Lipinski definition) is 13. The van der Waals surface area contributed by atoms with E-state index in [9.17, 15) is 41.9 Å². The molecule has 18 rings (SSSR count). The zero-order valence-corrected chi connectivity index (χ0v) is 66.4. The largest absolute Gasteiger partial charge is 0.416 e. The third kappa shape index (κ3) is 24.5. The summed E-state index contributed by atoms with van der Waals surface area (Å²) >= 11 is 0. The molecule has 119 heavy (non-hydrogen) atoms. The second-order valence-electron chi connectivity index (χ2n) is 31.7. The zero-order valence-electron chi connectivity index (χ0n) is 66.4. The van der Waals surface area contributed by atoms with Gasteiger partial charge in [-0.3, -0.25) is 33.9 Å². The maximum Gasteiger partial charge on any atom is 0.416 e. The van der Waals surface area contributed by atoms with Crippen LogP contribution < -0.4 is 65.9 Å². The molecule has 11 aromatic rings. The molecule has 0 saturated heterocycles. The molecule has 0 bridgehead atoms. The van der Waals surface area contributed by atoms with Crippen molar-refractivity contribution >= 4 is 58.2 Å². The van der Waals surface area contributed by atoms with Gasteiger partial charge in [-0.05, 0) is 206 Å². The monoisotopic (exact) mass is 1600 g/mol. The number of para-hydroxylation sites is 2. The highest BCUT2D eigenvalue weighted by Crippen LogP contribution is 2.43. The van der Waals surface area contributed by atoms with E-state index in [0.717, 1.165) is 91.6 Å². The van der Waals surface area contributed by atoms with Gasteiger partial charge in [-0.15, -0.1) is 0 Å². The number of benzene rings is 10. The van der Waals surface area contributed by atoms with E-state index in [1.807, 2.05) is 224 Å². The molecular weight excluding hydrogens is 1500 g/mol. The first-order valence-corrected chi connectivity index (χ1v) is 40.7. The lowest BCUT2D eigenvalue weighted by atomic mass is 9.95. The zero-order chi connectivity index (χ0) is 83.7. The number of rotatable bonds is 19. The molecule has 0 spiro atoms. The minimum absolute atomic E-state index is 0.00263. The van der Waals surface area contributed by atoms with Crippen molar-refractivity contribution in [3.8, 4) is 0 Å². The van der Waals surface area contributed by atoms with Crippen LogP contribution in [0.4, 0.5) is 35.9 Å². The number of carbonyl (C=O) groups is 6. The molecule has 7 aliphatic carbocycles. The number of nitrogens with one attached hydrogen (secondary N) is 6. The van der Waals surface area contributed by atoms with E-state index >= 15 is 0 Å². The molecule has 10 aromatic carbocycles. The number of H-pyrrole nitrogens is 1. The van der Waals surface area contributed by atoms with Crippen molar-refractivity contribution in [2.75, 3.05) is 27.9 Å². The van der Waals surface area contributed by atoms with Crippen molar-refractivity contribution in [1.82, 2.24) is 20.8 Å². The van der Waals surface area contributed by atoms with Crippen LogP contribution in [0.3, 0.4) is 0 Å². The summed E-state index contributed by atoms with van der Waals surface area (Å²) in [4.78, 5) is 74.3. The SMILES string of the molecule is CN(C(=O)c1ccc(C2CC2N)cc1)c1ccccc1.NC1CC1c1ccc(C(=O)NC2CCCCC2)cc1.NC1CC1c1ccc(C(=O)NCc2ccccc2)cc1.NC1CC1c1ccc(C(=O)Nc2cccc(C(F)(F)F)c2)cc1.NC1CC1c1ccc(C(=O)Nc2ccccc2)cc1.NC1CC1c1ccc(C(=O)Nc2cn[nH]c2)cc1. The van der Waals surface area contributed by atoms with Gasteiger partial charge < -0.3 is 65.9 Å². The van der Waals surface area contributed by atoms with Gasteiger partial charge >= 0.3 is 6.18 Å². The molecular formula is C96H103F3N14O6. The number of halogens is 3. The minimum Gasteiger partial charge on any atom is -0.349 e. The molecule has 614 valence electrons. The van der Waals surface area contributed by atoms with Crippen LogP contribution in [0.5, 0.6) is 0 Å². The van der Waals surface area contributed by atoms with Crippen LogP contribution in [0.15, 0.2) is 273 Å². The van der Waals surface area contributed by atoms with Gasteiger partial charge in [0.1, 0.15) is 0 Å². The van der Waals surface area contributed by atoms with E-state index in [-0.39, 0.29) is 47.3 Å². The minimum atomic E-state index is -4.44. The van der Waals surface area contributed by atoms with Crippen molar-refractivity contribution < 1.29 is 41.9 Å². The topological polar surface area (TPSA) is 351 Å². The van der Waals surface area contributed by atoms with E-state index < -0.39 is 17.6 Å².